The summed E-state index contributed by atoms with van der Waals surface area (Å²) in [4.78, 5) is 24.5. The molecule has 1 aliphatic rings. The maximum atomic E-state index is 13.6. The number of rotatable bonds is 6. The summed E-state index contributed by atoms with van der Waals surface area (Å²) in [5.74, 6) is -0.603. The number of hydrazine groups is 1. The van der Waals surface area contributed by atoms with Crippen LogP contribution in [0, 0.1) is 5.82 Å². The summed E-state index contributed by atoms with van der Waals surface area (Å²) in [7, 11) is 0. The number of nitrogens with one attached hydrogen (secondary N) is 2. The molecular weight excluding hydrogens is 379 g/mol. The number of para-hydroxylation sites is 2. The van der Waals surface area contributed by atoms with E-state index in [1.165, 1.54) is 25.1 Å². The van der Waals surface area contributed by atoms with Gasteiger partial charge in [-0.15, -0.1) is 0 Å². The molecule has 2 amide bonds. The summed E-state index contributed by atoms with van der Waals surface area (Å²) < 4.78 is 30.1. The molecular formula is C21H21FN2O5. The van der Waals surface area contributed by atoms with Crippen molar-refractivity contribution in [3.63, 3.8) is 0 Å². The minimum absolute atomic E-state index is 0.0278. The fourth-order valence-corrected chi connectivity index (χ4v) is 2.67. The monoisotopic (exact) mass is 400 g/mol. The third-order valence-electron chi connectivity index (χ3n) is 4.11. The highest BCUT2D eigenvalue weighted by Crippen LogP contribution is 2.35. The molecule has 0 aliphatic carbocycles. The smallest absolute Gasteiger partial charge is 0.279 e. The van der Waals surface area contributed by atoms with E-state index in [-0.39, 0.29) is 12.4 Å². The first-order valence-corrected chi connectivity index (χ1v) is 9.10. The van der Waals surface area contributed by atoms with E-state index in [4.69, 9.17) is 14.2 Å². The highest BCUT2D eigenvalue weighted by atomic mass is 19.1. The number of hydrogen-bond acceptors (Lipinski definition) is 5. The van der Waals surface area contributed by atoms with Crippen LogP contribution in [0.3, 0.4) is 0 Å². The van der Waals surface area contributed by atoms with Crippen LogP contribution < -0.4 is 25.1 Å². The summed E-state index contributed by atoms with van der Waals surface area (Å²) in [6.45, 7) is 3.84. The lowest BCUT2D eigenvalue weighted by atomic mass is 10.1. The second kappa shape index (κ2) is 9.09. The highest BCUT2D eigenvalue weighted by molar-refractivity contribution is 6.00. The normalized spacial score (nSPS) is 13.3. The predicted molar refractivity (Wildman–Crippen MR) is 104 cm³/mol. The first kappa shape index (κ1) is 20.2. The predicted octanol–water partition coefficient (Wildman–Crippen LogP) is 2.62. The summed E-state index contributed by atoms with van der Waals surface area (Å²) in [5, 5.41) is 0. The van der Waals surface area contributed by atoms with Crippen molar-refractivity contribution in [2.75, 3.05) is 13.2 Å². The van der Waals surface area contributed by atoms with Gasteiger partial charge in [-0.25, -0.2) is 4.39 Å². The van der Waals surface area contributed by atoms with Crippen molar-refractivity contribution in [3.8, 4) is 17.2 Å². The van der Waals surface area contributed by atoms with E-state index in [0.717, 1.165) is 0 Å². The fourth-order valence-electron chi connectivity index (χ4n) is 2.67. The zero-order valence-corrected chi connectivity index (χ0v) is 16.0. The maximum Gasteiger partial charge on any atom is 0.279 e. The molecule has 1 atom stereocenters. The van der Waals surface area contributed by atoms with Crippen LogP contribution in [-0.2, 0) is 9.59 Å². The lowest BCUT2D eigenvalue weighted by Crippen LogP contribution is -2.48. The number of ether oxygens (including phenoxy) is 3. The van der Waals surface area contributed by atoms with Gasteiger partial charge in [0.15, 0.2) is 29.2 Å². The third-order valence-corrected chi connectivity index (χ3v) is 4.11. The van der Waals surface area contributed by atoms with E-state index in [0.29, 0.717) is 29.2 Å². The second-order valence-corrected chi connectivity index (χ2v) is 6.20. The number of benzene rings is 2. The summed E-state index contributed by atoms with van der Waals surface area (Å²) in [6.07, 6.45) is 0.653. The fraction of sp³-hybridized carbons (Fsp3) is 0.238. The van der Waals surface area contributed by atoms with Crippen LogP contribution >= 0.6 is 0 Å². The van der Waals surface area contributed by atoms with Gasteiger partial charge in [0.05, 0.1) is 12.2 Å². The molecule has 2 aromatic carbocycles. The molecule has 152 valence electrons. The Morgan fingerprint density at radius 3 is 2.66 bits per heavy atom. The molecule has 8 heteroatoms. The summed E-state index contributed by atoms with van der Waals surface area (Å²) in [5.41, 5.74) is 5.61. The van der Waals surface area contributed by atoms with Crippen LogP contribution in [-0.4, -0.2) is 31.1 Å². The average Bonchev–Trinajstić information content (AvgIpc) is 2.73. The van der Waals surface area contributed by atoms with Crippen LogP contribution in [0.4, 0.5) is 4.39 Å². The van der Waals surface area contributed by atoms with E-state index in [9.17, 15) is 14.0 Å². The molecule has 0 spiro atoms. The average molecular weight is 400 g/mol. The topological polar surface area (TPSA) is 85.9 Å². The molecule has 2 N–H and O–H groups in total. The first-order chi connectivity index (χ1) is 14.0. The van der Waals surface area contributed by atoms with Gasteiger partial charge in [0.2, 0.25) is 0 Å². The molecule has 7 nitrogen and oxygen atoms in total. The van der Waals surface area contributed by atoms with Crippen LogP contribution in [0.15, 0.2) is 48.0 Å². The van der Waals surface area contributed by atoms with E-state index in [1.54, 1.807) is 30.3 Å². The number of amides is 2. The first-order valence-electron chi connectivity index (χ1n) is 9.10. The molecule has 0 aromatic heterocycles. The van der Waals surface area contributed by atoms with E-state index < -0.39 is 23.7 Å². The van der Waals surface area contributed by atoms with Crippen LogP contribution in [0.2, 0.25) is 0 Å². The van der Waals surface area contributed by atoms with Crippen molar-refractivity contribution in [1.29, 1.82) is 0 Å². The van der Waals surface area contributed by atoms with Gasteiger partial charge in [0, 0.05) is 5.56 Å². The number of halogens is 1. The van der Waals surface area contributed by atoms with Crippen molar-refractivity contribution in [2.24, 2.45) is 0 Å². The second-order valence-electron chi connectivity index (χ2n) is 6.20. The Balaban J connectivity index is 1.58. The molecule has 1 heterocycles. The molecule has 0 saturated heterocycles. The zero-order chi connectivity index (χ0) is 20.8. The van der Waals surface area contributed by atoms with Crippen molar-refractivity contribution >= 4 is 17.9 Å². The number of carbonyl (C=O) groups is 2. The zero-order valence-electron chi connectivity index (χ0n) is 16.0. The third kappa shape index (κ3) is 4.84. The standard InChI is InChI=1S/C21H21FN2O5/c1-3-27-18-10-6-7-14-11-15(12-28-19(14)18)21(26)24-23-20(25)13(2)29-17-9-5-4-8-16(17)22/h4-11,13H,3,12H2,1-2H3,(H,23,25)(H,24,26). The van der Waals surface area contributed by atoms with Crippen molar-refractivity contribution < 1.29 is 28.2 Å². The lowest BCUT2D eigenvalue weighted by Gasteiger charge is -2.20. The molecule has 1 unspecified atom stereocenters. The van der Waals surface area contributed by atoms with Crippen LogP contribution in [0.1, 0.15) is 19.4 Å². The van der Waals surface area contributed by atoms with Gasteiger partial charge in [-0.3, -0.25) is 20.4 Å². The number of hydrogen-bond donors (Lipinski definition) is 2. The quantitative estimate of drug-likeness (QED) is 0.728. The van der Waals surface area contributed by atoms with Crippen LogP contribution in [0.25, 0.3) is 6.08 Å². The lowest BCUT2D eigenvalue weighted by molar-refractivity contribution is -0.131. The van der Waals surface area contributed by atoms with Gasteiger partial charge in [-0.1, -0.05) is 24.3 Å². The summed E-state index contributed by atoms with van der Waals surface area (Å²) >= 11 is 0. The largest absolute Gasteiger partial charge is 0.490 e. The van der Waals surface area contributed by atoms with Gasteiger partial charge >= 0.3 is 0 Å². The Kier molecular flexibility index (Phi) is 6.33. The van der Waals surface area contributed by atoms with Gasteiger partial charge in [0.1, 0.15) is 6.61 Å². The minimum Gasteiger partial charge on any atom is -0.490 e. The van der Waals surface area contributed by atoms with Gasteiger partial charge in [0.25, 0.3) is 11.8 Å². The van der Waals surface area contributed by atoms with Gasteiger partial charge in [-0.05, 0) is 38.1 Å². The minimum atomic E-state index is -1.02. The number of carbonyl (C=O) groups excluding carboxylic acids is 2. The van der Waals surface area contributed by atoms with Crippen molar-refractivity contribution in [2.45, 2.75) is 20.0 Å². The highest BCUT2D eigenvalue weighted by Gasteiger charge is 2.22. The Hall–Kier alpha value is -3.55. The SMILES string of the molecule is CCOc1cccc2c1OCC(C(=O)NNC(=O)C(C)Oc1ccccc1F)=C2. The molecule has 0 bridgehead atoms. The van der Waals surface area contributed by atoms with Gasteiger partial charge < -0.3 is 14.2 Å². The van der Waals surface area contributed by atoms with Gasteiger partial charge in [-0.2, -0.15) is 0 Å². The number of fused-ring (bicyclic) bond motifs is 1. The van der Waals surface area contributed by atoms with E-state index in [1.807, 2.05) is 6.92 Å². The van der Waals surface area contributed by atoms with E-state index >= 15 is 0 Å². The molecule has 3 rings (SSSR count). The Bertz CT molecular complexity index is 944. The Morgan fingerprint density at radius 1 is 1.14 bits per heavy atom. The van der Waals surface area contributed by atoms with Crippen molar-refractivity contribution in [1.82, 2.24) is 10.9 Å². The molecule has 1 aliphatic heterocycles. The summed E-state index contributed by atoms with van der Waals surface area (Å²) in [6, 6.07) is 11.1. The Labute approximate surface area is 167 Å². The van der Waals surface area contributed by atoms with Crippen molar-refractivity contribution in [3.05, 3.63) is 59.4 Å². The molecule has 0 saturated carbocycles. The maximum absolute atomic E-state index is 13.6. The molecule has 0 radical (unpaired) electrons. The molecule has 0 fully saturated rings. The Morgan fingerprint density at radius 2 is 1.90 bits per heavy atom. The van der Waals surface area contributed by atoms with E-state index in [2.05, 4.69) is 10.9 Å². The molecule has 2 aromatic rings. The molecule has 29 heavy (non-hydrogen) atoms. The van der Waals surface area contributed by atoms with Crippen LogP contribution in [0.5, 0.6) is 17.2 Å².